The fraction of sp³-hybridized carbons (Fsp3) is 0.867. The molecule has 0 aromatic heterocycles. The van der Waals surface area contributed by atoms with Gasteiger partial charge >= 0.3 is 5.97 Å². The molecule has 0 aliphatic rings. The van der Waals surface area contributed by atoms with Gasteiger partial charge in [0, 0.05) is 13.1 Å². The molecule has 2 atom stereocenters. The van der Waals surface area contributed by atoms with E-state index in [1.807, 2.05) is 34.6 Å². The van der Waals surface area contributed by atoms with Crippen LogP contribution >= 0.6 is 0 Å². The minimum atomic E-state index is -0.761. The predicted molar refractivity (Wildman–Crippen MR) is 80.4 cm³/mol. The number of esters is 1. The number of rotatable bonds is 9. The standard InChI is InChI=1S/C15H30N2O3/c1-7-14(4,5)13(19)20-11(3)12(18)15(6,8-2)17-10-9-16/h11,17H,7-10,16H2,1-6H3/t11-,15?/m0/s1. The van der Waals surface area contributed by atoms with Crippen molar-refractivity contribution in [3.05, 3.63) is 0 Å². The number of nitrogens with one attached hydrogen (secondary N) is 1. The highest BCUT2D eigenvalue weighted by Crippen LogP contribution is 2.23. The average Bonchev–Trinajstić information content (AvgIpc) is 2.43. The first kappa shape index (κ1) is 19.1. The molecule has 0 saturated heterocycles. The number of hydrogen-bond donors (Lipinski definition) is 2. The van der Waals surface area contributed by atoms with Crippen LogP contribution in [0.25, 0.3) is 0 Å². The van der Waals surface area contributed by atoms with E-state index in [0.29, 0.717) is 25.9 Å². The smallest absolute Gasteiger partial charge is 0.312 e. The summed E-state index contributed by atoms with van der Waals surface area (Å²) >= 11 is 0. The van der Waals surface area contributed by atoms with Gasteiger partial charge in [-0.15, -0.1) is 0 Å². The van der Waals surface area contributed by atoms with E-state index in [1.165, 1.54) is 0 Å². The average molecular weight is 286 g/mol. The number of carbonyl (C=O) groups excluding carboxylic acids is 2. The van der Waals surface area contributed by atoms with Crippen molar-refractivity contribution in [1.82, 2.24) is 5.32 Å². The Morgan fingerprint density at radius 1 is 1.20 bits per heavy atom. The first-order valence-corrected chi connectivity index (χ1v) is 7.35. The van der Waals surface area contributed by atoms with Gasteiger partial charge in [-0.1, -0.05) is 13.8 Å². The van der Waals surface area contributed by atoms with Crippen LogP contribution in [0.15, 0.2) is 0 Å². The Kier molecular flexibility index (Phi) is 7.38. The van der Waals surface area contributed by atoms with Gasteiger partial charge < -0.3 is 15.8 Å². The van der Waals surface area contributed by atoms with Gasteiger partial charge in [0.05, 0.1) is 11.0 Å². The SMILES string of the molecule is CCC(C)(C)C(=O)O[C@@H](C)C(=O)C(C)(CC)NCCN. The van der Waals surface area contributed by atoms with Crippen molar-refractivity contribution < 1.29 is 14.3 Å². The van der Waals surface area contributed by atoms with Crippen molar-refractivity contribution >= 4 is 11.8 Å². The number of hydrogen-bond acceptors (Lipinski definition) is 5. The lowest BCUT2D eigenvalue weighted by Gasteiger charge is -2.31. The Bertz CT molecular complexity index is 342. The maximum Gasteiger partial charge on any atom is 0.312 e. The summed E-state index contributed by atoms with van der Waals surface area (Å²) in [6, 6.07) is 0. The Morgan fingerprint density at radius 3 is 2.15 bits per heavy atom. The van der Waals surface area contributed by atoms with Crippen molar-refractivity contribution in [2.75, 3.05) is 13.1 Å². The van der Waals surface area contributed by atoms with E-state index in [-0.39, 0.29) is 11.8 Å². The van der Waals surface area contributed by atoms with Gasteiger partial charge in [0.2, 0.25) is 0 Å². The van der Waals surface area contributed by atoms with E-state index in [9.17, 15) is 9.59 Å². The summed E-state index contributed by atoms with van der Waals surface area (Å²) in [5, 5.41) is 3.14. The summed E-state index contributed by atoms with van der Waals surface area (Å²) in [6.07, 6.45) is 0.525. The zero-order valence-electron chi connectivity index (χ0n) is 13.7. The van der Waals surface area contributed by atoms with Gasteiger partial charge in [-0.05, 0) is 40.5 Å². The highest BCUT2D eigenvalue weighted by atomic mass is 16.5. The van der Waals surface area contributed by atoms with Crippen LogP contribution in [0.1, 0.15) is 54.4 Å². The Balaban J connectivity index is 4.79. The van der Waals surface area contributed by atoms with Gasteiger partial charge in [-0.3, -0.25) is 9.59 Å². The molecule has 0 aliphatic carbocycles. The molecular weight excluding hydrogens is 256 g/mol. The second-order valence-corrected chi connectivity index (χ2v) is 6.05. The summed E-state index contributed by atoms with van der Waals surface area (Å²) in [5.41, 5.74) is 4.18. The van der Waals surface area contributed by atoms with Crippen LogP contribution in [0.4, 0.5) is 0 Å². The summed E-state index contributed by atoms with van der Waals surface area (Å²) < 4.78 is 5.34. The van der Waals surface area contributed by atoms with Crippen LogP contribution < -0.4 is 11.1 Å². The minimum Gasteiger partial charge on any atom is -0.454 e. The third kappa shape index (κ3) is 4.87. The normalized spacial score (nSPS) is 16.4. The molecule has 0 aromatic rings. The lowest BCUT2D eigenvalue weighted by Crippen LogP contribution is -2.54. The first-order valence-electron chi connectivity index (χ1n) is 7.35. The highest BCUT2D eigenvalue weighted by molar-refractivity contribution is 5.93. The van der Waals surface area contributed by atoms with E-state index in [0.717, 1.165) is 0 Å². The molecule has 0 radical (unpaired) electrons. The van der Waals surface area contributed by atoms with E-state index in [4.69, 9.17) is 10.5 Å². The molecule has 0 saturated carbocycles. The van der Waals surface area contributed by atoms with Crippen LogP contribution in [-0.4, -0.2) is 36.5 Å². The molecular formula is C15H30N2O3. The van der Waals surface area contributed by atoms with Crippen molar-refractivity contribution in [3.8, 4) is 0 Å². The maximum absolute atomic E-state index is 12.5. The van der Waals surface area contributed by atoms with Crippen LogP contribution in [0.5, 0.6) is 0 Å². The van der Waals surface area contributed by atoms with E-state index >= 15 is 0 Å². The first-order chi connectivity index (χ1) is 9.14. The number of ketones is 1. The number of carbonyl (C=O) groups is 2. The van der Waals surface area contributed by atoms with Crippen molar-refractivity contribution in [2.24, 2.45) is 11.1 Å². The van der Waals surface area contributed by atoms with Gasteiger partial charge in [-0.25, -0.2) is 0 Å². The van der Waals surface area contributed by atoms with Crippen molar-refractivity contribution in [2.45, 2.75) is 66.0 Å². The fourth-order valence-electron chi connectivity index (χ4n) is 1.70. The molecule has 20 heavy (non-hydrogen) atoms. The molecule has 0 fully saturated rings. The number of ether oxygens (including phenoxy) is 1. The number of Topliss-reactive ketones (excluding diaryl/α,β-unsaturated/α-hetero) is 1. The summed E-state index contributed by atoms with van der Waals surface area (Å²) in [4.78, 5) is 24.5. The van der Waals surface area contributed by atoms with Gasteiger partial charge in [0.15, 0.2) is 11.9 Å². The zero-order chi connectivity index (χ0) is 16.0. The van der Waals surface area contributed by atoms with Gasteiger partial charge in [-0.2, -0.15) is 0 Å². The van der Waals surface area contributed by atoms with Crippen molar-refractivity contribution in [1.29, 1.82) is 0 Å². The summed E-state index contributed by atoms with van der Waals surface area (Å²) in [6.45, 7) is 11.9. The third-order valence-electron chi connectivity index (χ3n) is 4.00. The predicted octanol–water partition coefficient (Wildman–Crippen LogP) is 1.64. The summed E-state index contributed by atoms with van der Waals surface area (Å²) in [7, 11) is 0. The molecule has 1 unspecified atom stereocenters. The second-order valence-electron chi connectivity index (χ2n) is 6.05. The fourth-order valence-corrected chi connectivity index (χ4v) is 1.70. The molecule has 0 amide bonds. The minimum absolute atomic E-state index is 0.117. The van der Waals surface area contributed by atoms with Crippen molar-refractivity contribution in [3.63, 3.8) is 0 Å². The molecule has 0 bridgehead atoms. The molecule has 5 nitrogen and oxygen atoms in total. The maximum atomic E-state index is 12.5. The van der Waals surface area contributed by atoms with E-state index in [1.54, 1.807) is 6.92 Å². The zero-order valence-corrected chi connectivity index (χ0v) is 13.7. The largest absolute Gasteiger partial charge is 0.454 e. The summed E-state index contributed by atoms with van der Waals surface area (Å²) in [5.74, 6) is -0.452. The quantitative estimate of drug-likeness (QED) is 0.630. The third-order valence-corrected chi connectivity index (χ3v) is 4.00. The Morgan fingerprint density at radius 2 is 1.75 bits per heavy atom. The molecule has 0 aliphatic heterocycles. The molecule has 3 N–H and O–H groups in total. The van der Waals surface area contributed by atoms with Gasteiger partial charge in [0.25, 0.3) is 0 Å². The molecule has 5 heteroatoms. The van der Waals surface area contributed by atoms with Gasteiger partial charge in [0.1, 0.15) is 0 Å². The lowest BCUT2D eigenvalue weighted by molar-refractivity contribution is -0.164. The topological polar surface area (TPSA) is 81.4 Å². The monoisotopic (exact) mass is 286 g/mol. The molecule has 0 spiro atoms. The van der Waals surface area contributed by atoms with Crippen LogP contribution in [0, 0.1) is 5.41 Å². The van der Waals surface area contributed by atoms with E-state index < -0.39 is 17.1 Å². The van der Waals surface area contributed by atoms with Crippen LogP contribution in [0.2, 0.25) is 0 Å². The Hall–Kier alpha value is -0.940. The van der Waals surface area contributed by atoms with E-state index in [2.05, 4.69) is 5.32 Å². The second kappa shape index (κ2) is 7.74. The lowest BCUT2D eigenvalue weighted by atomic mass is 9.88. The Labute approximate surface area is 122 Å². The highest BCUT2D eigenvalue weighted by Gasteiger charge is 2.37. The molecule has 0 heterocycles. The van der Waals surface area contributed by atoms with Crippen LogP contribution in [0.3, 0.4) is 0 Å². The molecule has 0 rings (SSSR count). The van der Waals surface area contributed by atoms with Crippen LogP contribution in [-0.2, 0) is 14.3 Å². The molecule has 0 aromatic carbocycles. The molecule has 118 valence electrons. The number of nitrogens with two attached hydrogens (primary N) is 1.